The lowest BCUT2D eigenvalue weighted by Crippen LogP contribution is -2.47. The van der Waals surface area contributed by atoms with Gasteiger partial charge in [0.1, 0.15) is 19.0 Å². The summed E-state index contributed by atoms with van der Waals surface area (Å²) >= 11 is 0. The van der Waals surface area contributed by atoms with E-state index in [1.165, 1.54) is 19.3 Å². The molecule has 0 bridgehead atoms. The molecule has 0 aromatic heterocycles. The van der Waals surface area contributed by atoms with Crippen LogP contribution in [0.1, 0.15) is 32.1 Å². The van der Waals surface area contributed by atoms with Crippen molar-refractivity contribution in [3.8, 4) is 5.75 Å². The summed E-state index contributed by atoms with van der Waals surface area (Å²) in [5, 5.41) is 3.02. The van der Waals surface area contributed by atoms with Crippen molar-refractivity contribution in [2.75, 3.05) is 26.4 Å². The molecule has 0 saturated heterocycles. The number of para-hydroxylation sites is 1. The van der Waals surface area contributed by atoms with Gasteiger partial charge in [-0.1, -0.05) is 37.5 Å². The van der Waals surface area contributed by atoms with E-state index >= 15 is 0 Å². The lowest BCUT2D eigenvalue weighted by Gasteiger charge is -2.30. The summed E-state index contributed by atoms with van der Waals surface area (Å²) in [6.07, 6.45) is 6.10. The first kappa shape index (κ1) is 20.7. The van der Waals surface area contributed by atoms with E-state index in [1.807, 2.05) is 30.3 Å². The van der Waals surface area contributed by atoms with Gasteiger partial charge in [-0.3, -0.25) is 4.79 Å². The SMILES string of the molecule is Cl.NCC(NC(=O)COCCOc1ccccc1)C1CCCCC1. The highest BCUT2D eigenvalue weighted by Crippen LogP contribution is 2.26. The predicted octanol–water partition coefficient (Wildman–Crippen LogP) is 2.53. The number of benzene rings is 1. The highest BCUT2D eigenvalue weighted by Gasteiger charge is 2.23. The van der Waals surface area contributed by atoms with Gasteiger partial charge in [0.2, 0.25) is 5.91 Å². The van der Waals surface area contributed by atoms with Crippen LogP contribution >= 0.6 is 12.4 Å². The number of nitrogens with one attached hydrogen (secondary N) is 1. The zero-order chi connectivity index (χ0) is 16.3. The van der Waals surface area contributed by atoms with Crippen LogP contribution in [-0.4, -0.2) is 38.3 Å². The summed E-state index contributed by atoms with van der Waals surface area (Å²) in [7, 11) is 0. The van der Waals surface area contributed by atoms with Crippen LogP contribution in [0.25, 0.3) is 0 Å². The topological polar surface area (TPSA) is 73.6 Å². The van der Waals surface area contributed by atoms with Crippen molar-refractivity contribution in [2.24, 2.45) is 11.7 Å². The van der Waals surface area contributed by atoms with Crippen LogP contribution in [0.2, 0.25) is 0 Å². The Hall–Kier alpha value is -1.30. The fourth-order valence-electron chi connectivity index (χ4n) is 3.05. The summed E-state index contributed by atoms with van der Waals surface area (Å²) in [6.45, 7) is 1.37. The highest BCUT2D eigenvalue weighted by atomic mass is 35.5. The van der Waals surface area contributed by atoms with Crippen molar-refractivity contribution >= 4 is 18.3 Å². The Morgan fingerprint density at radius 2 is 1.88 bits per heavy atom. The molecular weight excluding hydrogens is 328 g/mol. The Morgan fingerprint density at radius 3 is 2.54 bits per heavy atom. The minimum Gasteiger partial charge on any atom is -0.491 e. The Kier molecular flexibility index (Phi) is 10.5. The molecule has 1 aromatic rings. The molecule has 24 heavy (non-hydrogen) atoms. The Bertz CT molecular complexity index is 453. The third-order valence-electron chi connectivity index (χ3n) is 4.29. The Morgan fingerprint density at radius 1 is 1.17 bits per heavy atom. The molecule has 0 heterocycles. The van der Waals surface area contributed by atoms with Crippen LogP contribution < -0.4 is 15.8 Å². The molecule has 1 amide bonds. The quantitative estimate of drug-likeness (QED) is 0.667. The molecule has 1 aromatic carbocycles. The van der Waals surface area contributed by atoms with Gasteiger partial charge in [-0.25, -0.2) is 0 Å². The maximum Gasteiger partial charge on any atom is 0.246 e. The van der Waals surface area contributed by atoms with Crippen molar-refractivity contribution in [1.29, 1.82) is 0 Å². The third kappa shape index (κ3) is 7.51. The maximum absolute atomic E-state index is 12.0. The van der Waals surface area contributed by atoms with Crippen LogP contribution in [0, 0.1) is 5.92 Å². The van der Waals surface area contributed by atoms with E-state index in [4.69, 9.17) is 15.2 Å². The average Bonchev–Trinajstić information content (AvgIpc) is 2.61. The number of ether oxygens (including phenoxy) is 2. The number of amides is 1. The van der Waals surface area contributed by atoms with Gasteiger partial charge in [0.05, 0.1) is 6.61 Å². The number of nitrogens with two attached hydrogens (primary N) is 1. The normalized spacial score (nSPS) is 16.0. The van der Waals surface area contributed by atoms with E-state index < -0.39 is 0 Å². The van der Waals surface area contributed by atoms with Crippen LogP contribution in [-0.2, 0) is 9.53 Å². The van der Waals surface area contributed by atoms with Gasteiger partial charge in [0, 0.05) is 12.6 Å². The van der Waals surface area contributed by atoms with Crippen molar-refractivity contribution in [3.63, 3.8) is 0 Å². The summed E-state index contributed by atoms with van der Waals surface area (Å²) < 4.78 is 10.9. The van der Waals surface area contributed by atoms with Gasteiger partial charge in [0.15, 0.2) is 0 Å². The maximum atomic E-state index is 12.0. The van der Waals surface area contributed by atoms with Crippen molar-refractivity contribution in [2.45, 2.75) is 38.1 Å². The second kappa shape index (κ2) is 12.1. The summed E-state index contributed by atoms with van der Waals surface area (Å²) in [4.78, 5) is 12.0. The summed E-state index contributed by atoms with van der Waals surface area (Å²) in [6, 6.07) is 9.63. The lowest BCUT2D eigenvalue weighted by atomic mass is 9.84. The standard InChI is InChI=1S/C18H28N2O3.ClH/c19-13-17(15-7-3-1-4-8-15)20-18(21)14-22-11-12-23-16-9-5-2-6-10-16;/h2,5-6,9-10,15,17H,1,3-4,7-8,11-14,19H2,(H,20,21);1H. The Labute approximate surface area is 150 Å². The minimum atomic E-state index is -0.0919. The number of halogens is 1. The van der Waals surface area contributed by atoms with E-state index in [1.54, 1.807) is 0 Å². The molecule has 1 aliphatic carbocycles. The second-order valence-electron chi connectivity index (χ2n) is 6.02. The molecule has 1 aliphatic rings. The molecule has 136 valence electrons. The largest absolute Gasteiger partial charge is 0.491 e. The molecule has 3 N–H and O–H groups in total. The number of hydrogen-bond donors (Lipinski definition) is 2. The molecule has 1 unspecified atom stereocenters. The first-order valence-electron chi connectivity index (χ1n) is 8.54. The third-order valence-corrected chi connectivity index (χ3v) is 4.29. The van der Waals surface area contributed by atoms with Gasteiger partial charge in [-0.15, -0.1) is 12.4 Å². The summed E-state index contributed by atoms with van der Waals surface area (Å²) in [5.41, 5.74) is 5.82. The first-order valence-corrected chi connectivity index (χ1v) is 8.54. The predicted molar refractivity (Wildman–Crippen MR) is 97.6 cm³/mol. The van der Waals surface area contributed by atoms with E-state index in [0.717, 1.165) is 18.6 Å². The molecular formula is C18H29ClN2O3. The van der Waals surface area contributed by atoms with Gasteiger partial charge < -0.3 is 20.5 Å². The van der Waals surface area contributed by atoms with E-state index in [9.17, 15) is 4.79 Å². The minimum absolute atomic E-state index is 0. The number of carbonyl (C=O) groups is 1. The molecule has 0 radical (unpaired) electrons. The number of hydrogen-bond acceptors (Lipinski definition) is 4. The van der Waals surface area contributed by atoms with Crippen LogP contribution in [0.5, 0.6) is 5.75 Å². The first-order chi connectivity index (χ1) is 11.3. The number of rotatable bonds is 9. The molecule has 6 heteroatoms. The molecule has 1 saturated carbocycles. The van der Waals surface area contributed by atoms with Crippen molar-refractivity contribution < 1.29 is 14.3 Å². The van der Waals surface area contributed by atoms with E-state index in [2.05, 4.69) is 5.32 Å². The lowest BCUT2D eigenvalue weighted by molar-refractivity contribution is -0.127. The zero-order valence-electron chi connectivity index (χ0n) is 14.1. The molecule has 2 rings (SSSR count). The molecule has 0 aliphatic heterocycles. The second-order valence-corrected chi connectivity index (χ2v) is 6.02. The van der Waals surface area contributed by atoms with Crippen LogP contribution in [0.15, 0.2) is 30.3 Å². The molecule has 0 spiro atoms. The highest BCUT2D eigenvalue weighted by molar-refractivity contribution is 5.85. The van der Waals surface area contributed by atoms with Gasteiger partial charge in [-0.2, -0.15) is 0 Å². The number of carbonyl (C=O) groups excluding carboxylic acids is 1. The monoisotopic (exact) mass is 356 g/mol. The smallest absolute Gasteiger partial charge is 0.246 e. The van der Waals surface area contributed by atoms with Gasteiger partial charge in [-0.05, 0) is 30.9 Å². The fourth-order valence-corrected chi connectivity index (χ4v) is 3.05. The van der Waals surface area contributed by atoms with Gasteiger partial charge >= 0.3 is 0 Å². The van der Waals surface area contributed by atoms with Crippen molar-refractivity contribution in [1.82, 2.24) is 5.32 Å². The molecule has 5 nitrogen and oxygen atoms in total. The van der Waals surface area contributed by atoms with Crippen molar-refractivity contribution in [3.05, 3.63) is 30.3 Å². The Balaban J connectivity index is 0.00000288. The average molecular weight is 357 g/mol. The van der Waals surface area contributed by atoms with Crippen LogP contribution in [0.3, 0.4) is 0 Å². The van der Waals surface area contributed by atoms with E-state index in [0.29, 0.717) is 25.7 Å². The summed E-state index contributed by atoms with van der Waals surface area (Å²) in [5.74, 6) is 1.23. The van der Waals surface area contributed by atoms with E-state index in [-0.39, 0.29) is 31.0 Å². The fraction of sp³-hybridized carbons (Fsp3) is 0.611. The molecule has 1 fully saturated rings. The zero-order valence-corrected chi connectivity index (χ0v) is 14.9. The molecule has 1 atom stereocenters. The van der Waals surface area contributed by atoms with Gasteiger partial charge in [0.25, 0.3) is 0 Å². The van der Waals surface area contributed by atoms with Crippen LogP contribution in [0.4, 0.5) is 0 Å².